The van der Waals surface area contributed by atoms with Crippen LogP contribution in [0, 0.1) is 17.8 Å². The molecule has 0 radical (unpaired) electrons. The number of benzene rings is 1. The Morgan fingerprint density at radius 2 is 1.80 bits per heavy atom. The summed E-state index contributed by atoms with van der Waals surface area (Å²) in [6, 6.07) is 10.6. The lowest BCUT2D eigenvalue weighted by molar-refractivity contribution is 0.379. The van der Waals surface area contributed by atoms with Crippen LogP contribution in [-0.2, 0) is 6.54 Å². The number of para-hydroxylation sites is 1. The highest BCUT2D eigenvalue weighted by Gasteiger charge is 2.40. The topological polar surface area (TPSA) is 24.9 Å². The molecule has 2 fully saturated rings. The van der Waals surface area contributed by atoms with Gasteiger partial charge in [-0.05, 0) is 67.7 Å². The van der Waals surface area contributed by atoms with Crippen LogP contribution < -0.4 is 5.32 Å². The van der Waals surface area contributed by atoms with E-state index >= 15 is 0 Å². The fourth-order valence-corrected chi connectivity index (χ4v) is 3.45. The van der Waals surface area contributed by atoms with Gasteiger partial charge in [0.1, 0.15) is 0 Å². The molecule has 2 saturated carbocycles. The molecular formula is C18H22N2. The molecule has 1 aromatic carbocycles. The van der Waals surface area contributed by atoms with E-state index in [1.165, 1.54) is 43.2 Å². The maximum atomic E-state index is 4.43. The van der Waals surface area contributed by atoms with Crippen molar-refractivity contribution in [2.24, 2.45) is 17.8 Å². The third kappa shape index (κ3) is 2.57. The van der Waals surface area contributed by atoms with Gasteiger partial charge in [-0.2, -0.15) is 0 Å². The van der Waals surface area contributed by atoms with Crippen LogP contribution in [0.5, 0.6) is 0 Å². The van der Waals surface area contributed by atoms with Crippen LogP contribution in [0.2, 0.25) is 0 Å². The number of fused-ring (bicyclic) bond motifs is 1. The Morgan fingerprint density at radius 1 is 1.05 bits per heavy atom. The Balaban J connectivity index is 1.42. The molecule has 2 aliphatic carbocycles. The van der Waals surface area contributed by atoms with Crippen LogP contribution in [-0.4, -0.2) is 11.5 Å². The first kappa shape index (κ1) is 12.3. The average molecular weight is 266 g/mol. The van der Waals surface area contributed by atoms with E-state index in [2.05, 4.69) is 40.6 Å². The zero-order valence-corrected chi connectivity index (χ0v) is 11.9. The SMILES string of the molecule is c1ccc2c(CNCC(C3CC3)C3CC3)ccnc2c1. The maximum absolute atomic E-state index is 4.43. The lowest BCUT2D eigenvalue weighted by atomic mass is 9.98. The number of rotatable bonds is 6. The first-order valence-corrected chi connectivity index (χ1v) is 7.95. The summed E-state index contributed by atoms with van der Waals surface area (Å²) in [4.78, 5) is 4.43. The smallest absolute Gasteiger partial charge is 0.0705 e. The molecular weight excluding hydrogens is 244 g/mol. The van der Waals surface area contributed by atoms with E-state index in [4.69, 9.17) is 0 Å². The van der Waals surface area contributed by atoms with Crippen LogP contribution in [0.3, 0.4) is 0 Å². The summed E-state index contributed by atoms with van der Waals surface area (Å²) in [5.41, 5.74) is 2.48. The Labute approximate surface area is 120 Å². The van der Waals surface area contributed by atoms with Gasteiger partial charge in [0.2, 0.25) is 0 Å². The first-order chi connectivity index (χ1) is 9.92. The third-order valence-electron chi connectivity index (χ3n) is 4.89. The summed E-state index contributed by atoms with van der Waals surface area (Å²) < 4.78 is 0. The molecule has 0 atom stereocenters. The van der Waals surface area contributed by atoms with Gasteiger partial charge in [-0.1, -0.05) is 18.2 Å². The molecule has 0 amide bonds. The predicted molar refractivity (Wildman–Crippen MR) is 82.4 cm³/mol. The number of hydrogen-bond acceptors (Lipinski definition) is 2. The fourth-order valence-electron chi connectivity index (χ4n) is 3.45. The molecule has 1 heterocycles. The monoisotopic (exact) mass is 266 g/mol. The van der Waals surface area contributed by atoms with Gasteiger partial charge in [0, 0.05) is 18.1 Å². The Morgan fingerprint density at radius 3 is 2.55 bits per heavy atom. The molecule has 1 N–H and O–H groups in total. The normalized spacial score (nSPS) is 18.9. The highest BCUT2D eigenvalue weighted by Crippen LogP contribution is 2.48. The second-order valence-corrected chi connectivity index (χ2v) is 6.46. The van der Waals surface area contributed by atoms with Crippen LogP contribution in [0.15, 0.2) is 36.5 Å². The number of pyridine rings is 1. The second kappa shape index (κ2) is 5.17. The van der Waals surface area contributed by atoms with Crippen LogP contribution in [0.1, 0.15) is 31.2 Å². The molecule has 0 saturated heterocycles. The highest BCUT2D eigenvalue weighted by atomic mass is 14.9. The zero-order chi connectivity index (χ0) is 13.4. The van der Waals surface area contributed by atoms with E-state index in [-0.39, 0.29) is 0 Å². The average Bonchev–Trinajstić information content (AvgIpc) is 3.38. The van der Waals surface area contributed by atoms with Crippen LogP contribution in [0.4, 0.5) is 0 Å². The quantitative estimate of drug-likeness (QED) is 0.861. The molecule has 1 aromatic heterocycles. The zero-order valence-electron chi connectivity index (χ0n) is 11.9. The summed E-state index contributed by atoms with van der Waals surface area (Å²) >= 11 is 0. The molecule has 0 spiro atoms. The van der Waals surface area contributed by atoms with Crippen molar-refractivity contribution >= 4 is 10.9 Å². The van der Waals surface area contributed by atoms with E-state index in [0.717, 1.165) is 29.8 Å². The van der Waals surface area contributed by atoms with E-state index in [9.17, 15) is 0 Å². The van der Waals surface area contributed by atoms with Crippen molar-refractivity contribution in [1.82, 2.24) is 10.3 Å². The van der Waals surface area contributed by atoms with Gasteiger partial charge in [-0.15, -0.1) is 0 Å². The van der Waals surface area contributed by atoms with E-state index in [0.29, 0.717) is 0 Å². The molecule has 2 aromatic rings. The minimum absolute atomic E-state index is 0.947. The molecule has 2 aliphatic rings. The molecule has 2 heteroatoms. The summed E-state index contributed by atoms with van der Waals surface area (Å²) in [5.74, 6) is 3.01. The van der Waals surface area contributed by atoms with Crippen molar-refractivity contribution < 1.29 is 0 Å². The van der Waals surface area contributed by atoms with Gasteiger partial charge >= 0.3 is 0 Å². The number of nitrogens with zero attached hydrogens (tertiary/aromatic N) is 1. The minimum atomic E-state index is 0.947. The fraction of sp³-hybridized carbons (Fsp3) is 0.500. The summed E-state index contributed by atoms with van der Waals surface area (Å²) in [6.45, 7) is 2.17. The van der Waals surface area contributed by atoms with Gasteiger partial charge in [0.05, 0.1) is 5.52 Å². The van der Waals surface area contributed by atoms with Gasteiger partial charge in [0.25, 0.3) is 0 Å². The molecule has 4 rings (SSSR count). The van der Waals surface area contributed by atoms with Gasteiger partial charge in [-0.3, -0.25) is 4.98 Å². The van der Waals surface area contributed by atoms with Crippen molar-refractivity contribution in [2.75, 3.05) is 6.54 Å². The summed E-state index contributed by atoms with van der Waals surface area (Å²) in [5, 5.41) is 5.00. The van der Waals surface area contributed by atoms with Crippen molar-refractivity contribution in [3.63, 3.8) is 0 Å². The lowest BCUT2D eigenvalue weighted by Crippen LogP contribution is -2.25. The van der Waals surface area contributed by atoms with E-state index in [1.54, 1.807) is 0 Å². The second-order valence-electron chi connectivity index (χ2n) is 6.46. The number of hydrogen-bond donors (Lipinski definition) is 1. The largest absolute Gasteiger partial charge is 0.312 e. The van der Waals surface area contributed by atoms with E-state index in [1.807, 2.05) is 6.20 Å². The molecule has 2 nitrogen and oxygen atoms in total. The first-order valence-electron chi connectivity index (χ1n) is 7.95. The predicted octanol–water partition coefficient (Wildman–Crippen LogP) is 3.76. The third-order valence-corrected chi connectivity index (χ3v) is 4.89. The van der Waals surface area contributed by atoms with Crippen LogP contribution in [0.25, 0.3) is 10.9 Å². The number of nitrogens with one attached hydrogen (secondary N) is 1. The van der Waals surface area contributed by atoms with Crippen molar-refractivity contribution in [3.8, 4) is 0 Å². The number of aromatic nitrogens is 1. The van der Waals surface area contributed by atoms with Crippen molar-refractivity contribution in [2.45, 2.75) is 32.2 Å². The maximum Gasteiger partial charge on any atom is 0.0705 e. The summed E-state index contributed by atoms with van der Waals surface area (Å²) in [7, 11) is 0. The molecule has 0 aliphatic heterocycles. The van der Waals surface area contributed by atoms with Crippen LogP contribution >= 0.6 is 0 Å². The van der Waals surface area contributed by atoms with Crippen molar-refractivity contribution in [3.05, 3.63) is 42.1 Å². The highest BCUT2D eigenvalue weighted by molar-refractivity contribution is 5.81. The van der Waals surface area contributed by atoms with Gasteiger partial charge in [-0.25, -0.2) is 0 Å². The Hall–Kier alpha value is -1.41. The Kier molecular flexibility index (Phi) is 3.19. The van der Waals surface area contributed by atoms with Crippen molar-refractivity contribution in [1.29, 1.82) is 0 Å². The van der Waals surface area contributed by atoms with Gasteiger partial charge < -0.3 is 5.32 Å². The molecule has 20 heavy (non-hydrogen) atoms. The van der Waals surface area contributed by atoms with Gasteiger partial charge in [0.15, 0.2) is 0 Å². The summed E-state index contributed by atoms with van der Waals surface area (Å²) in [6.07, 6.45) is 7.82. The standard InChI is InChI=1S/C18H22N2/c1-2-4-18-16(3-1)15(9-10-20-18)11-19-12-17(13-5-6-13)14-7-8-14/h1-4,9-10,13-14,17,19H,5-8,11-12H2. The Bertz CT molecular complexity index is 582. The lowest BCUT2D eigenvalue weighted by Gasteiger charge is -2.16. The molecule has 104 valence electrons. The molecule has 0 bridgehead atoms. The molecule has 0 unspecified atom stereocenters. The minimum Gasteiger partial charge on any atom is -0.312 e. The van der Waals surface area contributed by atoms with E-state index < -0.39 is 0 Å².